The van der Waals surface area contributed by atoms with Crippen LogP contribution in [0.2, 0.25) is 0 Å². The number of esters is 3. The first-order chi connectivity index (χ1) is 46.8. The average Bonchev–Trinajstić information content (AvgIpc) is 0.786. The fourth-order valence-electron chi connectivity index (χ4n) is 5.57. The minimum absolute atomic E-state index is 0. The molecular formula is C63H85Cl4F10N4O19P3. The van der Waals surface area contributed by atoms with Crippen LogP contribution in [-0.2, 0) is 51.8 Å². The molecule has 584 valence electrons. The number of nitrogens with two attached hydrogens (primary N) is 1. The van der Waals surface area contributed by atoms with Gasteiger partial charge in [-0.05, 0) is 109 Å². The summed E-state index contributed by atoms with van der Waals surface area (Å²) < 4.78 is 204. The molecule has 0 aromatic heterocycles. The number of para-hydroxylation sites is 3. The van der Waals surface area contributed by atoms with Crippen molar-refractivity contribution in [2.45, 2.75) is 134 Å². The summed E-state index contributed by atoms with van der Waals surface area (Å²) in [5.74, 6) is -27.7. The van der Waals surface area contributed by atoms with Gasteiger partial charge in [0.05, 0.1) is 19.8 Å². The Morgan fingerprint density at radius 3 is 1.10 bits per heavy atom. The van der Waals surface area contributed by atoms with Gasteiger partial charge in [0.2, 0.25) is 63.9 Å². The third kappa shape index (κ3) is 44.0. The van der Waals surface area contributed by atoms with Crippen LogP contribution in [0.1, 0.15) is 104 Å². The van der Waals surface area contributed by atoms with Gasteiger partial charge in [-0.15, -0.1) is 12.4 Å². The van der Waals surface area contributed by atoms with E-state index in [1.165, 1.54) is 45.0 Å². The van der Waals surface area contributed by atoms with E-state index in [-0.39, 0.29) is 42.6 Å². The average molecular weight is 1630 g/mol. The molecule has 5 aromatic carbocycles. The highest BCUT2D eigenvalue weighted by Crippen LogP contribution is 2.57. The van der Waals surface area contributed by atoms with Crippen molar-refractivity contribution in [1.29, 1.82) is 0 Å². The second kappa shape index (κ2) is 49.1. The number of phenolic OH excluding ortho intramolecular Hbond substituents is 1. The fraction of sp³-hybridized carbons (Fsp3) is 0.444. The predicted octanol–water partition coefficient (Wildman–Crippen LogP) is 17.0. The Morgan fingerprint density at radius 1 is 0.476 bits per heavy atom. The number of carbonyl (C=O) groups excluding carboxylic acids is 4. The van der Waals surface area contributed by atoms with Gasteiger partial charge < -0.3 is 63.4 Å². The maximum atomic E-state index is 14.0. The number of amides is 1. The standard InChI is InChI=1S/C19H19F5NO5P.C13H19ClNO4P.C8H15NO4.C7H15NO2.C6H5Cl2O2P.C6HF5O.C4H10O.ClH/c1-10(2)9-28-19(26)11(3)25-31(27,29-12-7-5-4-6-8-12)30-18-16(23)14(21)13(20)15(22)17(18)24;1-10(2)9-18-13(16)11(3)15-20(14,17)19-12-7-5-4-6-8-12;1-5(6(10)11)9-7(12)13-8(2,3)4;1-5(2)4-10-7(9)6(3)8;7-11(8,9)10-6-4-2-1-3-5-6;7-1-2(8)4(10)6(12)5(11)3(1)9;1-4(2)3-5;/h4-8,10-11H,9H2,1-3H3,(H,25,27);4-8,10-11H,9H2,1-3H3,(H,15,17);5H,1-4H3,(H,9,12)(H,10,11);5-6H,4,8H2,1-3H3;1-5H;12H;4-5H,3H2,1-2H3;1H/t11-,31-;11-,20?;5-;6-;;;;/m0000..../s1. The molecule has 23 nitrogen and oxygen atoms in total. The van der Waals surface area contributed by atoms with Gasteiger partial charge in [0.15, 0.2) is 5.75 Å². The molecule has 0 fully saturated rings. The zero-order valence-corrected chi connectivity index (χ0v) is 64.0. The number of hydrogen-bond acceptors (Lipinski definition) is 19. The Kier molecular flexibility index (Phi) is 47.9. The van der Waals surface area contributed by atoms with E-state index in [0.717, 1.165) is 0 Å². The Morgan fingerprint density at radius 2 is 0.786 bits per heavy atom. The molecule has 8 N–H and O–H groups in total. The number of aliphatic hydroxyl groups is 1. The molecule has 5 aromatic rings. The lowest BCUT2D eigenvalue weighted by atomic mass is 10.2. The summed E-state index contributed by atoms with van der Waals surface area (Å²) in [6.45, 7) is 23.5. The van der Waals surface area contributed by atoms with Crippen LogP contribution in [0.15, 0.2) is 91.0 Å². The zero-order valence-electron chi connectivity index (χ0n) is 58.2. The number of carboxylic acid groups (broad SMARTS) is 1. The van der Waals surface area contributed by atoms with Gasteiger partial charge in [-0.2, -0.15) is 22.6 Å². The molecule has 40 heteroatoms. The lowest BCUT2D eigenvalue weighted by Crippen LogP contribution is -2.41. The normalized spacial score (nSPS) is 13.1. The quantitative estimate of drug-likeness (QED) is 0.00753. The third-order valence-electron chi connectivity index (χ3n) is 10.4. The second-order valence-corrected chi connectivity index (χ2v) is 31.9. The fourth-order valence-corrected chi connectivity index (χ4v) is 9.62. The second-order valence-electron chi connectivity index (χ2n) is 23.4. The number of alkyl carbamates (subject to hydrolysis) is 1. The highest BCUT2D eigenvalue weighted by molar-refractivity contribution is 8.05. The minimum Gasteiger partial charge on any atom is -0.503 e. The number of ether oxygens (including phenoxy) is 4. The summed E-state index contributed by atoms with van der Waals surface area (Å²) >= 11 is 16.1. The van der Waals surface area contributed by atoms with E-state index in [2.05, 4.69) is 24.5 Å². The highest BCUT2D eigenvalue weighted by Gasteiger charge is 2.39. The van der Waals surface area contributed by atoms with Gasteiger partial charge in [0, 0.05) is 40.3 Å². The van der Waals surface area contributed by atoms with E-state index < -0.39 is 144 Å². The molecule has 1 unspecified atom stereocenters. The molecule has 0 aliphatic heterocycles. The van der Waals surface area contributed by atoms with Crippen LogP contribution in [0.5, 0.6) is 28.7 Å². The van der Waals surface area contributed by atoms with Crippen LogP contribution < -0.4 is 39.3 Å². The number of halogens is 14. The van der Waals surface area contributed by atoms with Gasteiger partial charge in [0.1, 0.15) is 47.0 Å². The number of nitrogens with one attached hydrogen (secondary N) is 3. The number of rotatable bonds is 24. The molecule has 1 amide bonds. The molecule has 6 atom stereocenters. The summed E-state index contributed by atoms with van der Waals surface area (Å²) in [7, 11) is -4.92. The number of phenols is 1. The molecule has 0 bridgehead atoms. The molecule has 0 heterocycles. The van der Waals surface area contributed by atoms with Crippen molar-refractivity contribution in [2.24, 2.45) is 29.4 Å². The van der Waals surface area contributed by atoms with E-state index in [0.29, 0.717) is 43.2 Å². The summed E-state index contributed by atoms with van der Waals surface area (Å²) in [5, 5.41) is 31.6. The number of aliphatic carboxylic acids is 1. The summed E-state index contributed by atoms with van der Waals surface area (Å²) in [6.07, 6.45) is -4.16. The first-order valence-electron chi connectivity index (χ1n) is 30.0. The highest BCUT2D eigenvalue weighted by atomic mass is 35.9. The SMILES string of the molecule is CC(C)CO.CC(C)COC(=O)[C@H](C)N.CC(C)COC(=O)[C@H](C)NP(=O)(Cl)Oc1ccccc1.CC(C)COC(=O)[C@H](C)N[P@](=O)(Oc1ccccc1)Oc1c(F)c(F)c(F)c(F)c1F.C[C@H](NC(=O)OC(C)(C)C)C(=O)O.Cl.O=P(Cl)(Cl)Oc1ccccc1.Oc1c(F)c(F)c(F)c(F)c1F. The summed E-state index contributed by atoms with van der Waals surface area (Å²) in [5.41, 5.74) is 4.64. The van der Waals surface area contributed by atoms with Gasteiger partial charge in [-0.25, -0.2) is 49.9 Å². The molecule has 103 heavy (non-hydrogen) atoms. The number of carboxylic acids is 1. The van der Waals surface area contributed by atoms with E-state index in [9.17, 15) is 81.6 Å². The molecule has 5 rings (SSSR count). The summed E-state index contributed by atoms with van der Waals surface area (Å²) in [4.78, 5) is 55.7. The molecule has 0 aliphatic rings. The number of benzene rings is 5. The first kappa shape index (κ1) is 100. The Bertz CT molecular complexity index is 3430. The van der Waals surface area contributed by atoms with E-state index in [1.54, 1.807) is 108 Å². The molecule has 0 aliphatic carbocycles. The smallest absolute Gasteiger partial charge is 0.503 e. The first-order valence-corrected chi connectivity index (χ1v) is 37.5. The summed E-state index contributed by atoms with van der Waals surface area (Å²) in [6, 6.07) is 20.4. The number of carbonyl (C=O) groups is 5. The van der Waals surface area contributed by atoms with Crippen molar-refractivity contribution < 1.29 is 134 Å². The van der Waals surface area contributed by atoms with Gasteiger partial charge in [-0.1, -0.05) is 110 Å². The van der Waals surface area contributed by atoms with Gasteiger partial charge in [0.25, 0.3) is 0 Å². The molecular weight excluding hydrogens is 1540 g/mol. The zero-order chi connectivity index (χ0) is 79.4. The Hall–Kier alpha value is -6.76. The van der Waals surface area contributed by atoms with Crippen LogP contribution in [0, 0.1) is 81.8 Å². The van der Waals surface area contributed by atoms with Crippen molar-refractivity contribution >= 4 is 96.8 Å². The van der Waals surface area contributed by atoms with Crippen molar-refractivity contribution in [1.82, 2.24) is 15.5 Å². The van der Waals surface area contributed by atoms with Gasteiger partial charge in [-0.3, -0.25) is 19.2 Å². The van der Waals surface area contributed by atoms with Crippen molar-refractivity contribution in [3.63, 3.8) is 0 Å². The van der Waals surface area contributed by atoms with Crippen LogP contribution in [-0.4, -0.2) is 101 Å². The number of aliphatic hydroxyl groups excluding tert-OH is 1. The minimum atomic E-state index is -4.92. The lowest BCUT2D eigenvalue weighted by Gasteiger charge is -2.23. The Labute approximate surface area is 610 Å². The van der Waals surface area contributed by atoms with Crippen molar-refractivity contribution in [2.75, 3.05) is 26.4 Å². The lowest BCUT2D eigenvalue weighted by molar-refractivity contribution is -0.147. The topological polar surface area (TPSA) is 333 Å². The molecule has 0 radical (unpaired) electrons. The largest absolute Gasteiger partial charge is 0.513 e. The van der Waals surface area contributed by atoms with E-state index in [4.69, 9.17) is 82.8 Å². The van der Waals surface area contributed by atoms with Crippen LogP contribution in [0.4, 0.5) is 48.7 Å². The van der Waals surface area contributed by atoms with E-state index in [1.807, 2.05) is 41.5 Å². The van der Waals surface area contributed by atoms with Crippen molar-refractivity contribution in [3.05, 3.63) is 149 Å². The Balaban J connectivity index is -0.00000121. The maximum absolute atomic E-state index is 14.0. The number of hydrogen-bond donors (Lipinski definition) is 7. The van der Waals surface area contributed by atoms with Crippen molar-refractivity contribution in [3.8, 4) is 28.7 Å². The maximum Gasteiger partial charge on any atom is 0.513 e. The monoisotopic (exact) mass is 1620 g/mol. The van der Waals surface area contributed by atoms with E-state index >= 15 is 0 Å². The molecule has 0 saturated carbocycles. The number of aromatic hydroxyl groups is 1. The molecule has 0 spiro atoms. The van der Waals surface area contributed by atoms with Crippen LogP contribution in [0.25, 0.3) is 0 Å². The molecule has 0 saturated heterocycles. The van der Waals surface area contributed by atoms with Gasteiger partial charge >= 0.3 is 50.7 Å². The van der Waals surface area contributed by atoms with Crippen LogP contribution >= 0.6 is 66.8 Å². The predicted molar refractivity (Wildman–Crippen MR) is 368 cm³/mol. The van der Waals surface area contributed by atoms with Crippen LogP contribution in [0.3, 0.4) is 0 Å². The third-order valence-corrected chi connectivity index (χ3v) is 14.4.